The van der Waals surface area contributed by atoms with Gasteiger partial charge >= 0.3 is 5.97 Å². The van der Waals surface area contributed by atoms with E-state index in [9.17, 15) is 4.79 Å². The minimum atomic E-state index is -0.463. The van der Waals surface area contributed by atoms with Gasteiger partial charge in [0, 0.05) is 4.47 Å². The Hall–Kier alpha value is -0.590. The predicted molar refractivity (Wildman–Crippen MR) is 79.9 cm³/mol. The second kappa shape index (κ2) is 6.54. The Morgan fingerprint density at radius 2 is 2.17 bits per heavy atom. The molecule has 0 saturated heterocycles. The van der Waals surface area contributed by atoms with Crippen molar-refractivity contribution in [3.8, 4) is 0 Å². The van der Waals surface area contributed by atoms with Crippen molar-refractivity contribution >= 4 is 61.0 Å². The number of benzene rings is 1. The summed E-state index contributed by atoms with van der Waals surface area (Å²) in [5.74, 6) is -0.0663. The van der Waals surface area contributed by atoms with E-state index in [0.29, 0.717) is 20.2 Å². The summed E-state index contributed by atoms with van der Waals surface area (Å²) in [6.07, 6.45) is 0. The van der Waals surface area contributed by atoms with Crippen LogP contribution < -0.4 is 5.73 Å². The second-order valence-corrected chi connectivity index (χ2v) is 5.36. The van der Waals surface area contributed by atoms with Crippen LogP contribution in [0.15, 0.2) is 20.0 Å². The van der Waals surface area contributed by atoms with Gasteiger partial charge in [-0.05, 0) is 50.4 Å². The van der Waals surface area contributed by atoms with E-state index in [1.807, 2.05) is 6.92 Å². The number of nitrogens with zero attached hydrogens (tertiary/aromatic N) is 1. The summed E-state index contributed by atoms with van der Waals surface area (Å²) >= 11 is 12.3. The molecule has 1 aromatic rings. The third-order valence-corrected chi connectivity index (χ3v) is 3.84. The average Bonchev–Trinajstić information content (AvgIpc) is 2.33. The molecule has 0 bridgehead atoms. The standard InChI is InChI=1S/C11H11Br2ClN2O2/c1-5-3-6(12)8(11(17)18-2)9(13)10(5)16-7(15)4-14/h3H,4H2,1-2H3,(H2,15,16). The zero-order valence-corrected chi connectivity index (χ0v) is 13.7. The molecule has 2 N–H and O–H groups in total. The quantitative estimate of drug-likeness (QED) is 0.367. The Bertz CT molecular complexity index is 518. The molecule has 0 saturated carbocycles. The summed E-state index contributed by atoms with van der Waals surface area (Å²) in [6, 6.07) is 1.78. The van der Waals surface area contributed by atoms with Crippen molar-refractivity contribution < 1.29 is 9.53 Å². The third-order valence-electron chi connectivity index (χ3n) is 2.16. The number of aliphatic imine (C=N–C) groups is 1. The fourth-order valence-electron chi connectivity index (χ4n) is 1.33. The fourth-order valence-corrected chi connectivity index (χ4v) is 3.13. The monoisotopic (exact) mass is 396 g/mol. The highest BCUT2D eigenvalue weighted by Crippen LogP contribution is 2.37. The molecule has 0 spiro atoms. The molecule has 0 amide bonds. The SMILES string of the molecule is COC(=O)c1c(Br)cc(C)c(N=C(N)CCl)c1Br. The van der Waals surface area contributed by atoms with Crippen LogP contribution in [0.1, 0.15) is 15.9 Å². The summed E-state index contributed by atoms with van der Waals surface area (Å²) in [5, 5.41) is 0. The fraction of sp³-hybridized carbons (Fsp3) is 0.273. The van der Waals surface area contributed by atoms with Gasteiger partial charge in [-0.25, -0.2) is 9.79 Å². The smallest absolute Gasteiger partial charge is 0.340 e. The zero-order valence-electron chi connectivity index (χ0n) is 9.76. The van der Waals surface area contributed by atoms with Gasteiger partial charge in [-0.3, -0.25) is 0 Å². The van der Waals surface area contributed by atoms with Gasteiger partial charge in [0.1, 0.15) is 5.84 Å². The topological polar surface area (TPSA) is 64.7 Å². The number of halogens is 3. The van der Waals surface area contributed by atoms with Crippen molar-refractivity contribution in [1.82, 2.24) is 0 Å². The van der Waals surface area contributed by atoms with E-state index in [-0.39, 0.29) is 11.7 Å². The van der Waals surface area contributed by atoms with Gasteiger partial charge < -0.3 is 10.5 Å². The Labute approximate surface area is 127 Å². The van der Waals surface area contributed by atoms with Crippen LogP contribution >= 0.6 is 43.5 Å². The lowest BCUT2D eigenvalue weighted by atomic mass is 10.1. The summed E-state index contributed by atoms with van der Waals surface area (Å²) < 4.78 is 5.87. The van der Waals surface area contributed by atoms with Gasteiger partial charge in [0.25, 0.3) is 0 Å². The van der Waals surface area contributed by atoms with Crippen LogP contribution in [0, 0.1) is 6.92 Å². The molecule has 18 heavy (non-hydrogen) atoms. The largest absolute Gasteiger partial charge is 0.465 e. The second-order valence-electron chi connectivity index (χ2n) is 3.44. The van der Waals surface area contributed by atoms with Crippen molar-refractivity contribution in [2.75, 3.05) is 13.0 Å². The maximum absolute atomic E-state index is 11.7. The number of hydrogen-bond acceptors (Lipinski definition) is 3. The summed E-state index contributed by atoms with van der Waals surface area (Å²) in [6.45, 7) is 1.86. The minimum absolute atomic E-state index is 0.121. The molecule has 0 fully saturated rings. The number of carbonyl (C=O) groups excluding carboxylic acids is 1. The van der Waals surface area contributed by atoms with Crippen LogP contribution in [0.5, 0.6) is 0 Å². The number of carbonyl (C=O) groups is 1. The normalized spacial score (nSPS) is 11.5. The first-order chi connectivity index (χ1) is 8.42. The highest BCUT2D eigenvalue weighted by Gasteiger charge is 2.19. The van der Waals surface area contributed by atoms with Crippen molar-refractivity contribution in [1.29, 1.82) is 0 Å². The number of aryl methyl sites for hydroxylation is 1. The maximum atomic E-state index is 11.7. The lowest BCUT2D eigenvalue weighted by molar-refractivity contribution is 0.0598. The van der Waals surface area contributed by atoms with Crippen LogP contribution in [-0.4, -0.2) is 24.8 Å². The molecule has 0 unspecified atom stereocenters. The predicted octanol–water partition coefficient (Wildman–Crippen LogP) is 3.53. The summed E-state index contributed by atoms with van der Waals surface area (Å²) in [5.41, 5.74) is 7.40. The number of hydrogen-bond donors (Lipinski definition) is 1. The molecule has 0 atom stereocenters. The molecule has 0 aliphatic carbocycles. The highest BCUT2D eigenvalue weighted by molar-refractivity contribution is 9.11. The Morgan fingerprint density at radius 3 is 2.67 bits per heavy atom. The number of ether oxygens (including phenoxy) is 1. The van der Waals surface area contributed by atoms with Gasteiger partial charge in [-0.2, -0.15) is 0 Å². The first-order valence-corrected chi connectivity index (χ1v) is 7.00. The lowest BCUT2D eigenvalue weighted by Crippen LogP contribution is -2.13. The van der Waals surface area contributed by atoms with Crippen LogP contribution in [0.3, 0.4) is 0 Å². The molecule has 4 nitrogen and oxygen atoms in total. The Balaban J connectivity index is 3.50. The lowest BCUT2D eigenvalue weighted by Gasteiger charge is -2.11. The molecule has 0 radical (unpaired) electrons. The first kappa shape index (κ1) is 15.5. The molecule has 7 heteroatoms. The molecule has 98 valence electrons. The minimum Gasteiger partial charge on any atom is -0.465 e. The zero-order chi connectivity index (χ0) is 13.9. The van der Waals surface area contributed by atoms with Gasteiger partial charge in [-0.1, -0.05) is 0 Å². The van der Waals surface area contributed by atoms with E-state index in [4.69, 9.17) is 22.1 Å². The highest BCUT2D eigenvalue weighted by atomic mass is 79.9. The van der Waals surface area contributed by atoms with Crippen LogP contribution in [0.4, 0.5) is 5.69 Å². The molecule has 0 aliphatic heterocycles. The van der Waals surface area contributed by atoms with Crippen molar-refractivity contribution in [3.63, 3.8) is 0 Å². The van der Waals surface area contributed by atoms with E-state index in [2.05, 4.69) is 36.9 Å². The number of amidine groups is 1. The van der Waals surface area contributed by atoms with Gasteiger partial charge in [-0.15, -0.1) is 11.6 Å². The average molecular weight is 398 g/mol. The molecular formula is C11H11Br2ClN2O2. The van der Waals surface area contributed by atoms with Crippen LogP contribution in [0.25, 0.3) is 0 Å². The van der Waals surface area contributed by atoms with E-state index in [1.165, 1.54) is 7.11 Å². The molecule has 0 aliphatic rings. The summed E-state index contributed by atoms with van der Waals surface area (Å²) in [7, 11) is 1.32. The molecule has 0 aromatic heterocycles. The van der Waals surface area contributed by atoms with Gasteiger partial charge in [0.15, 0.2) is 0 Å². The molecule has 1 rings (SSSR count). The van der Waals surface area contributed by atoms with E-state index in [1.54, 1.807) is 6.07 Å². The van der Waals surface area contributed by atoms with Gasteiger partial charge in [0.05, 0.1) is 28.7 Å². The molecular weight excluding hydrogens is 387 g/mol. The third kappa shape index (κ3) is 3.24. The first-order valence-electron chi connectivity index (χ1n) is 4.88. The Morgan fingerprint density at radius 1 is 1.56 bits per heavy atom. The number of nitrogens with two attached hydrogens (primary N) is 1. The van der Waals surface area contributed by atoms with E-state index in [0.717, 1.165) is 5.56 Å². The number of methoxy groups -OCH3 is 1. The van der Waals surface area contributed by atoms with Crippen LogP contribution in [0.2, 0.25) is 0 Å². The number of alkyl halides is 1. The van der Waals surface area contributed by atoms with E-state index < -0.39 is 5.97 Å². The van der Waals surface area contributed by atoms with E-state index >= 15 is 0 Å². The summed E-state index contributed by atoms with van der Waals surface area (Å²) in [4.78, 5) is 15.9. The van der Waals surface area contributed by atoms with Crippen molar-refractivity contribution in [3.05, 3.63) is 26.1 Å². The van der Waals surface area contributed by atoms with Crippen LogP contribution in [-0.2, 0) is 4.74 Å². The Kier molecular flexibility index (Phi) is 5.62. The van der Waals surface area contributed by atoms with Gasteiger partial charge in [0.2, 0.25) is 0 Å². The molecule has 1 aromatic carbocycles. The van der Waals surface area contributed by atoms with Crippen molar-refractivity contribution in [2.45, 2.75) is 6.92 Å². The maximum Gasteiger partial charge on any atom is 0.340 e. The molecule has 0 heterocycles. The number of rotatable bonds is 3. The number of esters is 1. The van der Waals surface area contributed by atoms with Crippen molar-refractivity contribution in [2.24, 2.45) is 10.7 Å².